The molecule has 2 fully saturated rings. The molecule has 0 spiro atoms. The van der Waals surface area contributed by atoms with Crippen LogP contribution in [0, 0.1) is 13.8 Å². The summed E-state index contributed by atoms with van der Waals surface area (Å²) < 4.78 is 0. The molecule has 2 saturated heterocycles. The molecule has 2 aromatic carbocycles. The quantitative estimate of drug-likeness (QED) is 0.450. The van der Waals surface area contributed by atoms with Crippen LogP contribution in [0.5, 0.6) is 0 Å². The number of hydrogen-bond acceptors (Lipinski definition) is 5. The Morgan fingerprint density at radius 1 is 0.767 bits per heavy atom. The molecule has 0 unspecified atom stereocenters. The minimum Gasteiger partial charge on any atom is -0.383 e. The Bertz CT molecular complexity index is 859. The van der Waals surface area contributed by atoms with Crippen molar-refractivity contribution in [3.63, 3.8) is 0 Å². The summed E-state index contributed by atoms with van der Waals surface area (Å²) in [4.78, 5) is 11.2. The van der Waals surface area contributed by atoms with Crippen molar-refractivity contribution in [3.8, 4) is 0 Å². The predicted molar refractivity (Wildman–Crippen MR) is 125 cm³/mol. The molecule has 0 atom stereocenters. The van der Waals surface area contributed by atoms with Crippen LogP contribution in [0.15, 0.2) is 58.5 Å². The Labute approximate surface area is 179 Å². The number of nitrogens with zero attached hydrogens (tertiary/aromatic N) is 3. The second kappa shape index (κ2) is 10.3. The molecule has 0 radical (unpaired) electrons. The van der Waals surface area contributed by atoms with Gasteiger partial charge in [0.2, 0.25) is 0 Å². The Morgan fingerprint density at radius 3 is 1.57 bits per heavy atom. The summed E-state index contributed by atoms with van der Waals surface area (Å²) in [6, 6.07) is 16.9. The van der Waals surface area contributed by atoms with Crippen molar-refractivity contribution in [1.82, 2.24) is 15.8 Å². The summed E-state index contributed by atoms with van der Waals surface area (Å²) in [5.41, 5.74) is 22.4. The van der Waals surface area contributed by atoms with Gasteiger partial charge in [-0.1, -0.05) is 59.7 Å². The third kappa shape index (κ3) is 6.38. The van der Waals surface area contributed by atoms with E-state index in [1.807, 2.05) is 36.4 Å². The van der Waals surface area contributed by atoms with E-state index in [4.69, 9.17) is 11.5 Å². The van der Waals surface area contributed by atoms with Crippen LogP contribution in [0.1, 0.15) is 22.3 Å². The van der Waals surface area contributed by atoms with Gasteiger partial charge in [-0.2, -0.15) is 0 Å². The molecule has 0 amide bonds. The zero-order valence-corrected chi connectivity index (χ0v) is 18.1. The summed E-state index contributed by atoms with van der Waals surface area (Å²) >= 11 is 0. The second-order valence-electron chi connectivity index (χ2n) is 8.05. The van der Waals surface area contributed by atoms with Crippen molar-refractivity contribution < 1.29 is 0 Å². The number of likely N-dealkylation sites (N-methyl/N-ethyl adjacent to an activating group) is 1. The zero-order chi connectivity index (χ0) is 21.5. The Morgan fingerprint density at radius 2 is 1.17 bits per heavy atom. The van der Waals surface area contributed by atoms with Gasteiger partial charge in [0.15, 0.2) is 0 Å². The summed E-state index contributed by atoms with van der Waals surface area (Å²) in [5, 5.41) is 0. The Kier molecular flexibility index (Phi) is 7.57. The molecule has 0 bridgehead atoms. The lowest BCUT2D eigenvalue weighted by Gasteiger charge is -2.33. The van der Waals surface area contributed by atoms with Gasteiger partial charge in [-0.3, -0.25) is 20.8 Å². The minimum absolute atomic E-state index is 0.242. The van der Waals surface area contributed by atoms with Gasteiger partial charge in [0.1, 0.15) is 11.7 Å². The average Bonchev–Trinajstić information content (AvgIpc) is 3.21. The average molecular weight is 408 g/mol. The third-order valence-corrected chi connectivity index (χ3v) is 5.18. The largest absolute Gasteiger partial charge is 0.383 e. The number of amidine groups is 2. The van der Waals surface area contributed by atoms with E-state index < -0.39 is 0 Å². The minimum atomic E-state index is 0.242. The topological polar surface area (TPSA) is 104 Å². The number of benzene rings is 2. The predicted octanol–water partition coefficient (Wildman–Crippen LogP) is 1.19. The Balaban J connectivity index is 0.000000171. The van der Waals surface area contributed by atoms with E-state index in [2.05, 4.69) is 58.8 Å². The number of hydrogen-bond donors (Lipinski definition) is 4. The van der Waals surface area contributed by atoms with Crippen LogP contribution in [0.4, 0.5) is 0 Å². The highest BCUT2D eigenvalue weighted by Gasteiger charge is 2.22. The molecule has 7 heteroatoms. The van der Waals surface area contributed by atoms with Crippen molar-refractivity contribution in [2.75, 3.05) is 33.2 Å². The SMILES string of the molecule is Cc1ccc(C(N)=NC2CN(C)C2)cc1.Cc1ccc(C(N)=NC2CNNC2)cc1. The molecule has 7 nitrogen and oxygen atoms in total. The first-order valence-electron chi connectivity index (χ1n) is 10.4. The van der Waals surface area contributed by atoms with Crippen LogP contribution >= 0.6 is 0 Å². The summed E-state index contributed by atoms with van der Waals surface area (Å²) in [6.07, 6.45) is 0. The maximum Gasteiger partial charge on any atom is 0.125 e. The molecular weight excluding hydrogens is 374 g/mol. The maximum absolute atomic E-state index is 5.93. The fraction of sp³-hybridized carbons (Fsp3) is 0.391. The van der Waals surface area contributed by atoms with Gasteiger partial charge in [0.25, 0.3) is 0 Å². The fourth-order valence-corrected chi connectivity index (χ4v) is 3.28. The number of hydrazine groups is 1. The number of likely N-dealkylation sites (tertiary alicyclic amines) is 1. The highest BCUT2D eigenvalue weighted by Crippen LogP contribution is 2.10. The lowest BCUT2D eigenvalue weighted by atomic mass is 10.1. The fourth-order valence-electron chi connectivity index (χ4n) is 3.28. The molecular formula is C23H33N7. The molecule has 0 aliphatic carbocycles. The highest BCUT2D eigenvalue weighted by atomic mass is 15.4. The van der Waals surface area contributed by atoms with Crippen LogP contribution in [-0.2, 0) is 0 Å². The van der Waals surface area contributed by atoms with Gasteiger partial charge in [0.05, 0.1) is 12.1 Å². The van der Waals surface area contributed by atoms with E-state index in [1.165, 1.54) is 11.1 Å². The second-order valence-corrected chi connectivity index (χ2v) is 8.05. The van der Waals surface area contributed by atoms with E-state index in [-0.39, 0.29) is 6.04 Å². The number of rotatable bonds is 4. The number of aliphatic imine (C=N–C) groups is 2. The monoisotopic (exact) mass is 407 g/mol. The number of nitrogens with one attached hydrogen (secondary N) is 2. The van der Waals surface area contributed by atoms with Crippen molar-refractivity contribution in [2.45, 2.75) is 25.9 Å². The molecule has 2 aliphatic heterocycles. The van der Waals surface area contributed by atoms with Crippen LogP contribution in [0.25, 0.3) is 0 Å². The van der Waals surface area contributed by atoms with Gasteiger partial charge in [-0.05, 0) is 20.9 Å². The number of aryl methyl sites for hydroxylation is 2. The van der Waals surface area contributed by atoms with Crippen molar-refractivity contribution in [2.24, 2.45) is 21.5 Å². The molecule has 160 valence electrons. The Hall–Kier alpha value is -2.74. The highest BCUT2D eigenvalue weighted by molar-refractivity contribution is 5.98. The third-order valence-electron chi connectivity index (χ3n) is 5.18. The van der Waals surface area contributed by atoms with Crippen LogP contribution < -0.4 is 22.3 Å². The molecule has 2 aliphatic rings. The van der Waals surface area contributed by atoms with Crippen molar-refractivity contribution >= 4 is 11.7 Å². The maximum atomic E-state index is 5.93. The van der Waals surface area contributed by atoms with E-state index >= 15 is 0 Å². The molecule has 4 rings (SSSR count). The molecule has 2 heterocycles. The van der Waals surface area contributed by atoms with Crippen molar-refractivity contribution in [1.29, 1.82) is 0 Å². The van der Waals surface area contributed by atoms with Gasteiger partial charge in [0, 0.05) is 37.3 Å². The molecule has 2 aromatic rings. The molecule has 6 N–H and O–H groups in total. The van der Waals surface area contributed by atoms with Gasteiger partial charge < -0.3 is 16.4 Å². The number of nitrogens with two attached hydrogens (primary N) is 2. The van der Waals surface area contributed by atoms with Crippen LogP contribution in [-0.4, -0.2) is 61.9 Å². The lowest BCUT2D eigenvalue weighted by Crippen LogP contribution is -2.47. The first-order chi connectivity index (χ1) is 14.4. The van der Waals surface area contributed by atoms with E-state index in [0.717, 1.165) is 37.3 Å². The van der Waals surface area contributed by atoms with Gasteiger partial charge in [-0.15, -0.1) is 0 Å². The van der Waals surface area contributed by atoms with E-state index in [1.54, 1.807) is 0 Å². The van der Waals surface area contributed by atoms with Crippen LogP contribution in [0.2, 0.25) is 0 Å². The molecule has 0 saturated carbocycles. The standard InChI is InChI=1S/C12H17N3.C11H16N4/c1-9-3-5-10(6-4-9)12(13)14-11-7-15(2)8-11;1-8-2-4-9(5-3-8)11(12)15-10-6-13-14-7-10/h3-6,11H,7-8H2,1-2H3,(H2,13,14);2-5,10,13-14H,6-7H2,1H3,(H2,12,15). The van der Waals surface area contributed by atoms with Crippen LogP contribution in [0.3, 0.4) is 0 Å². The zero-order valence-electron chi connectivity index (χ0n) is 18.1. The normalized spacial score (nSPS) is 18.6. The van der Waals surface area contributed by atoms with Gasteiger partial charge in [-0.25, -0.2) is 0 Å². The summed E-state index contributed by atoms with van der Waals surface area (Å²) in [7, 11) is 2.09. The summed E-state index contributed by atoms with van der Waals surface area (Å²) in [5.74, 6) is 1.28. The molecule has 30 heavy (non-hydrogen) atoms. The first kappa shape index (κ1) is 22.0. The lowest BCUT2D eigenvalue weighted by molar-refractivity contribution is 0.193. The van der Waals surface area contributed by atoms with Gasteiger partial charge >= 0.3 is 0 Å². The van der Waals surface area contributed by atoms with Crippen molar-refractivity contribution in [3.05, 3.63) is 70.8 Å². The van der Waals surface area contributed by atoms with E-state index in [9.17, 15) is 0 Å². The molecule has 0 aromatic heterocycles. The first-order valence-corrected chi connectivity index (χ1v) is 10.4. The summed E-state index contributed by atoms with van der Waals surface area (Å²) in [6.45, 7) is 7.85. The smallest absolute Gasteiger partial charge is 0.125 e. The van der Waals surface area contributed by atoms with E-state index in [0.29, 0.717) is 17.7 Å².